The van der Waals surface area contributed by atoms with Crippen LogP contribution in [0.4, 0.5) is 5.82 Å². The summed E-state index contributed by atoms with van der Waals surface area (Å²) in [5, 5.41) is 0. The first-order valence-corrected chi connectivity index (χ1v) is 6.09. The summed E-state index contributed by atoms with van der Waals surface area (Å²) in [7, 11) is 4.27. The van der Waals surface area contributed by atoms with E-state index >= 15 is 0 Å². The molecular formula is C13H21N3. The molecule has 2 heterocycles. The van der Waals surface area contributed by atoms with Gasteiger partial charge in [0.1, 0.15) is 5.82 Å². The maximum Gasteiger partial charge on any atom is 0.128 e. The third-order valence-corrected chi connectivity index (χ3v) is 3.54. The zero-order valence-corrected chi connectivity index (χ0v) is 10.5. The summed E-state index contributed by atoms with van der Waals surface area (Å²) in [4.78, 5) is 9.10. The van der Waals surface area contributed by atoms with Crippen LogP contribution in [0.15, 0.2) is 18.3 Å². The molecule has 0 saturated carbocycles. The fourth-order valence-electron chi connectivity index (χ4n) is 2.31. The van der Waals surface area contributed by atoms with Gasteiger partial charge in [-0.1, -0.05) is 6.07 Å². The van der Waals surface area contributed by atoms with E-state index in [4.69, 9.17) is 0 Å². The Hall–Kier alpha value is -1.09. The van der Waals surface area contributed by atoms with Crippen LogP contribution in [0.1, 0.15) is 31.4 Å². The van der Waals surface area contributed by atoms with Crippen molar-refractivity contribution in [3.8, 4) is 0 Å². The molecule has 1 fully saturated rings. The van der Waals surface area contributed by atoms with Crippen LogP contribution in [0.25, 0.3) is 0 Å². The van der Waals surface area contributed by atoms with E-state index in [1.165, 1.54) is 24.9 Å². The zero-order valence-electron chi connectivity index (χ0n) is 10.5. The molecule has 2 rings (SSSR count). The molecule has 0 amide bonds. The molecule has 0 radical (unpaired) electrons. The number of pyridine rings is 1. The Balaban J connectivity index is 2.12. The Labute approximate surface area is 98.1 Å². The largest absolute Gasteiger partial charge is 0.360 e. The predicted molar refractivity (Wildman–Crippen MR) is 67.8 cm³/mol. The lowest BCUT2D eigenvalue weighted by atomic mass is 10.1. The van der Waals surface area contributed by atoms with Crippen LogP contribution in [-0.2, 0) is 0 Å². The van der Waals surface area contributed by atoms with Gasteiger partial charge >= 0.3 is 0 Å². The van der Waals surface area contributed by atoms with Gasteiger partial charge in [0.15, 0.2) is 0 Å². The van der Waals surface area contributed by atoms with Gasteiger partial charge in [0.2, 0.25) is 0 Å². The van der Waals surface area contributed by atoms with Crippen LogP contribution < -0.4 is 4.90 Å². The summed E-state index contributed by atoms with van der Waals surface area (Å²) in [5.74, 6) is 1.06. The normalized spacial score (nSPS) is 21.3. The molecule has 3 heteroatoms. The second-order valence-corrected chi connectivity index (χ2v) is 4.60. The third kappa shape index (κ3) is 2.19. The van der Waals surface area contributed by atoms with Gasteiger partial charge in [-0.2, -0.15) is 0 Å². The van der Waals surface area contributed by atoms with E-state index in [1.807, 2.05) is 6.20 Å². The SMILES string of the molecule is CCN(C)c1ccc([C@H]2CCCN2C)cn1. The molecule has 1 aromatic heterocycles. The highest BCUT2D eigenvalue weighted by Crippen LogP contribution is 2.30. The molecule has 0 bridgehead atoms. The van der Waals surface area contributed by atoms with Crippen LogP contribution in [-0.4, -0.2) is 37.1 Å². The van der Waals surface area contributed by atoms with E-state index in [0.717, 1.165) is 12.4 Å². The summed E-state index contributed by atoms with van der Waals surface area (Å²) >= 11 is 0. The number of aromatic nitrogens is 1. The van der Waals surface area contributed by atoms with Crippen molar-refractivity contribution in [1.82, 2.24) is 9.88 Å². The fourth-order valence-corrected chi connectivity index (χ4v) is 2.31. The maximum atomic E-state index is 4.53. The van der Waals surface area contributed by atoms with Crippen molar-refractivity contribution in [2.75, 3.05) is 32.1 Å². The van der Waals surface area contributed by atoms with Crippen molar-refractivity contribution < 1.29 is 0 Å². The maximum absolute atomic E-state index is 4.53. The minimum Gasteiger partial charge on any atom is -0.360 e. The topological polar surface area (TPSA) is 19.4 Å². The Morgan fingerprint density at radius 2 is 2.31 bits per heavy atom. The first-order valence-electron chi connectivity index (χ1n) is 6.09. The van der Waals surface area contributed by atoms with Crippen molar-refractivity contribution in [2.45, 2.75) is 25.8 Å². The molecule has 1 atom stereocenters. The lowest BCUT2D eigenvalue weighted by Crippen LogP contribution is -2.19. The Bertz CT molecular complexity index is 334. The van der Waals surface area contributed by atoms with Crippen molar-refractivity contribution in [3.63, 3.8) is 0 Å². The quantitative estimate of drug-likeness (QED) is 0.777. The summed E-state index contributed by atoms with van der Waals surface area (Å²) in [6, 6.07) is 4.93. The van der Waals surface area contributed by atoms with Crippen LogP contribution in [0.5, 0.6) is 0 Å². The number of rotatable bonds is 3. The van der Waals surface area contributed by atoms with Gasteiger partial charge < -0.3 is 4.90 Å². The van der Waals surface area contributed by atoms with E-state index in [2.05, 4.69) is 47.9 Å². The van der Waals surface area contributed by atoms with Gasteiger partial charge in [-0.15, -0.1) is 0 Å². The first-order chi connectivity index (χ1) is 7.72. The molecule has 1 aliphatic rings. The summed E-state index contributed by atoms with van der Waals surface area (Å²) in [5.41, 5.74) is 1.35. The fraction of sp³-hybridized carbons (Fsp3) is 0.615. The average molecular weight is 219 g/mol. The van der Waals surface area contributed by atoms with Crippen molar-refractivity contribution in [3.05, 3.63) is 23.9 Å². The molecule has 0 aliphatic carbocycles. The third-order valence-electron chi connectivity index (χ3n) is 3.54. The lowest BCUT2D eigenvalue weighted by Gasteiger charge is -2.21. The zero-order chi connectivity index (χ0) is 11.5. The van der Waals surface area contributed by atoms with Crippen LogP contribution in [0.2, 0.25) is 0 Å². The molecule has 0 unspecified atom stereocenters. The Morgan fingerprint density at radius 3 is 2.81 bits per heavy atom. The highest BCUT2D eigenvalue weighted by Gasteiger charge is 2.22. The number of likely N-dealkylation sites (tertiary alicyclic amines) is 1. The Kier molecular flexibility index (Phi) is 3.44. The van der Waals surface area contributed by atoms with Crippen LogP contribution >= 0.6 is 0 Å². The molecule has 88 valence electrons. The van der Waals surface area contributed by atoms with Gasteiger partial charge in [-0.25, -0.2) is 4.98 Å². The van der Waals surface area contributed by atoms with Gasteiger partial charge in [0.05, 0.1) is 0 Å². The second kappa shape index (κ2) is 4.83. The summed E-state index contributed by atoms with van der Waals surface area (Å²) in [6.45, 7) is 4.34. The number of nitrogens with zero attached hydrogens (tertiary/aromatic N) is 3. The first kappa shape index (κ1) is 11.4. The van der Waals surface area contributed by atoms with Crippen molar-refractivity contribution >= 4 is 5.82 Å². The molecule has 16 heavy (non-hydrogen) atoms. The highest BCUT2D eigenvalue weighted by atomic mass is 15.2. The minimum absolute atomic E-state index is 0.577. The number of hydrogen-bond acceptors (Lipinski definition) is 3. The van der Waals surface area contributed by atoms with E-state index < -0.39 is 0 Å². The van der Waals surface area contributed by atoms with Gasteiger partial charge in [-0.05, 0) is 45.0 Å². The molecule has 1 aromatic rings. The monoisotopic (exact) mass is 219 g/mol. The van der Waals surface area contributed by atoms with E-state index in [0.29, 0.717) is 6.04 Å². The van der Waals surface area contributed by atoms with Crippen molar-refractivity contribution in [2.24, 2.45) is 0 Å². The van der Waals surface area contributed by atoms with Crippen LogP contribution in [0.3, 0.4) is 0 Å². The minimum atomic E-state index is 0.577. The lowest BCUT2D eigenvalue weighted by molar-refractivity contribution is 0.317. The number of hydrogen-bond donors (Lipinski definition) is 0. The molecule has 0 aromatic carbocycles. The van der Waals surface area contributed by atoms with Crippen molar-refractivity contribution in [1.29, 1.82) is 0 Å². The summed E-state index contributed by atoms with van der Waals surface area (Å²) < 4.78 is 0. The van der Waals surface area contributed by atoms with Gasteiger partial charge in [-0.3, -0.25) is 4.90 Å². The molecule has 0 spiro atoms. The highest BCUT2D eigenvalue weighted by molar-refractivity contribution is 5.38. The second-order valence-electron chi connectivity index (χ2n) is 4.60. The standard InChI is InChI=1S/C13H21N3/c1-4-15(2)13-8-7-11(10-14-13)12-6-5-9-16(12)3/h7-8,10,12H,4-6,9H2,1-3H3/t12-/m1/s1. The van der Waals surface area contributed by atoms with E-state index in [1.54, 1.807) is 0 Å². The number of anilines is 1. The molecule has 3 nitrogen and oxygen atoms in total. The smallest absolute Gasteiger partial charge is 0.128 e. The van der Waals surface area contributed by atoms with Crippen LogP contribution in [0, 0.1) is 0 Å². The predicted octanol–water partition coefficient (Wildman–Crippen LogP) is 2.30. The van der Waals surface area contributed by atoms with Gasteiger partial charge in [0, 0.05) is 25.8 Å². The van der Waals surface area contributed by atoms with E-state index in [-0.39, 0.29) is 0 Å². The van der Waals surface area contributed by atoms with Gasteiger partial charge in [0.25, 0.3) is 0 Å². The average Bonchev–Trinajstić information content (AvgIpc) is 2.75. The molecule has 1 aliphatic heterocycles. The molecule has 0 N–H and O–H groups in total. The molecule has 1 saturated heterocycles. The van der Waals surface area contributed by atoms with E-state index in [9.17, 15) is 0 Å². The Morgan fingerprint density at radius 1 is 1.50 bits per heavy atom. The summed E-state index contributed by atoms with van der Waals surface area (Å²) in [6.07, 6.45) is 4.60. The molecular weight excluding hydrogens is 198 g/mol.